The van der Waals surface area contributed by atoms with Crippen molar-refractivity contribution in [2.24, 2.45) is 0 Å². The van der Waals surface area contributed by atoms with Gasteiger partial charge in [0, 0.05) is 10.8 Å². The minimum absolute atomic E-state index is 0.353. The zero-order valence-electron chi connectivity index (χ0n) is 27.6. The van der Waals surface area contributed by atoms with Crippen LogP contribution in [-0.2, 0) is 0 Å². The molecule has 6 heteroatoms. The molecule has 2 heterocycles. The highest BCUT2D eigenvalue weighted by atomic mass is 16.2. The van der Waals surface area contributed by atoms with Crippen molar-refractivity contribution < 1.29 is 9.59 Å². The molecule has 8 aromatic rings. The zero-order chi connectivity index (χ0) is 35.3. The van der Waals surface area contributed by atoms with Crippen LogP contribution in [0.1, 0.15) is 26.3 Å². The first kappa shape index (κ1) is 30.5. The van der Waals surface area contributed by atoms with Gasteiger partial charge in [-0.1, -0.05) is 97.1 Å². The summed E-state index contributed by atoms with van der Waals surface area (Å²) in [7, 11) is 0. The van der Waals surface area contributed by atoms with Gasteiger partial charge in [-0.05, 0) is 94.0 Å². The second-order valence-electron chi connectivity index (χ2n) is 12.7. The Hall–Kier alpha value is -7.54. The highest BCUT2D eigenvalue weighted by Gasteiger charge is 2.39. The Kier molecular flexibility index (Phi) is 7.10. The molecule has 7 aromatic carbocycles. The minimum atomic E-state index is -0.374. The number of nitrogens with zero attached hydrogens (tertiary/aromatic N) is 4. The Morgan fingerprint density at radius 3 is 1.73 bits per heavy atom. The third-order valence-electron chi connectivity index (χ3n) is 9.79. The van der Waals surface area contributed by atoms with Crippen LogP contribution >= 0.6 is 0 Å². The standard InChI is InChI=1S/C46H26N4O2/c1-48-36-21-17-32(18-22-36)35-20-24-42-40(27-35)39-26-34(31-15-13-29(28-47)14-16-31)19-23-41(39)50(42)43-12-6-11-38-44(43)46(52)49(45(38)51)37-10-5-9-33(25-37)30-7-3-2-4-8-30/h2-27H. The van der Waals surface area contributed by atoms with Crippen molar-refractivity contribution in [3.63, 3.8) is 0 Å². The fourth-order valence-corrected chi connectivity index (χ4v) is 7.25. The van der Waals surface area contributed by atoms with Crippen LogP contribution in [-0.4, -0.2) is 16.4 Å². The lowest BCUT2D eigenvalue weighted by Crippen LogP contribution is -2.29. The monoisotopic (exact) mass is 666 g/mol. The lowest BCUT2D eigenvalue weighted by atomic mass is 9.99. The summed E-state index contributed by atoms with van der Waals surface area (Å²) in [6, 6.07) is 52.6. The van der Waals surface area contributed by atoms with Gasteiger partial charge >= 0.3 is 0 Å². The average molecular weight is 667 g/mol. The Balaban J connectivity index is 1.23. The number of hydrogen-bond donors (Lipinski definition) is 0. The zero-order valence-corrected chi connectivity index (χ0v) is 27.6. The first-order valence-corrected chi connectivity index (χ1v) is 16.8. The Morgan fingerprint density at radius 1 is 0.538 bits per heavy atom. The fraction of sp³-hybridized carbons (Fsp3) is 0. The van der Waals surface area contributed by atoms with Gasteiger partial charge in [-0.3, -0.25) is 9.59 Å². The van der Waals surface area contributed by atoms with Crippen LogP contribution in [0.2, 0.25) is 0 Å². The number of imide groups is 1. The van der Waals surface area contributed by atoms with Crippen molar-refractivity contribution in [3.05, 3.63) is 186 Å². The molecule has 9 rings (SSSR count). The Labute approximate surface area is 299 Å². The van der Waals surface area contributed by atoms with E-state index in [9.17, 15) is 14.9 Å². The molecule has 1 aromatic heterocycles. The molecular weight excluding hydrogens is 641 g/mol. The largest absolute Gasteiger partial charge is 0.308 e. The van der Waals surface area contributed by atoms with Crippen LogP contribution < -0.4 is 4.90 Å². The van der Waals surface area contributed by atoms with Crippen molar-refractivity contribution in [2.75, 3.05) is 4.90 Å². The molecule has 0 aliphatic carbocycles. The van der Waals surface area contributed by atoms with E-state index in [4.69, 9.17) is 6.57 Å². The van der Waals surface area contributed by atoms with E-state index in [1.54, 1.807) is 12.1 Å². The summed E-state index contributed by atoms with van der Waals surface area (Å²) in [4.78, 5) is 33.3. The van der Waals surface area contributed by atoms with E-state index in [1.165, 1.54) is 4.90 Å². The summed E-state index contributed by atoms with van der Waals surface area (Å²) < 4.78 is 2.08. The van der Waals surface area contributed by atoms with Gasteiger partial charge in [0.2, 0.25) is 0 Å². The van der Waals surface area contributed by atoms with Gasteiger partial charge in [-0.2, -0.15) is 5.26 Å². The van der Waals surface area contributed by atoms with Crippen LogP contribution in [0, 0.1) is 17.9 Å². The molecule has 0 radical (unpaired) electrons. The molecule has 0 fully saturated rings. The summed E-state index contributed by atoms with van der Waals surface area (Å²) >= 11 is 0. The smallest absolute Gasteiger partial charge is 0.268 e. The summed E-state index contributed by atoms with van der Waals surface area (Å²) in [5.74, 6) is -0.734. The molecule has 0 unspecified atom stereocenters. The summed E-state index contributed by atoms with van der Waals surface area (Å²) in [5.41, 5.74) is 10.6. The van der Waals surface area contributed by atoms with E-state index < -0.39 is 0 Å². The van der Waals surface area contributed by atoms with Gasteiger partial charge in [0.15, 0.2) is 5.69 Å². The van der Waals surface area contributed by atoms with E-state index >= 15 is 0 Å². The van der Waals surface area contributed by atoms with Crippen LogP contribution in [0.4, 0.5) is 11.4 Å². The van der Waals surface area contributed by atoms with Gasteiger partial charge in [0.1, 0.15) is 0 Å². The second-order valence-corrected chi connectivity index (χ2v) is 12.7. The topological polar surface area (TPSA) is 70.5 Å². The minimum Gasteiger partial charge on any atom is -0.308 e. The molecule has 0 atom stereocenters. The van der Waals surface area contributed by atoms with Crippen molar-refractivity contribution in [2.45, 2.75) is 0 Å². The quantitative estimate of drug-likeness (QED) is 0.136. The van der Waals surface area contributed by atoms with Gasteiger partial charge in [-0.25, -0.2) is 9.74 Å². The van der Waals surface area contributed by atoms with Crippen LogP contribution in [0.5, 0.6) is 0 Å². The van der Waals surface area contributed by atoms with Crippen molar-refractivity contribution >= 4 is 45.0 Å². The van der Waals surface area contributed by atoms with E-state index in [-0.39, 0.29) is 11.8 Å². The molecular formula is C46H26N4O2. The van der Waals surface area contributed by atoms with Gasteiger partial charge in [0.05, 0.1) is 51.7 Å². The highest BCUT2D eigenvalue weighted by Crippen LogP contribution is 2.41. The van der Waals surface area contributed by atoms with Crippen LogP contribution in [0.25, 0.3) is 65.7 Å². The first-order valence-electron chi connectivity index (χ1n) is 16.8. The van der Waals surface area contributed by atoms with Gasteiger partial charge in [0.25, 0.3) is 11.8 Å². The molecule has 6 nitrogen and oxygen atoms in total. The van der Waals surface area contributed by atoms with Crippen molar-refractivity contribution in [3.8, 4) is 45.1 Å². The number of benzene rings is 7. The molecule has 2 amide bonds. The number of fused-ring (bicyclic) bond motifs is 4. The SMILES string of the molecule is [C-]#[N+]c1ccc(-c2ccc3c(c2)c2cc(-c4ccc(C#N)cc4)ccc2n3-c2cccc3c2C(=O)N(c2cccc(-c4ccccc4)c2)C3=O)cc1. The third kappa shape index (κ3) is 4.87. The van der Waals surface area contributed by atoms with E-state index in [2.05, 4.69) is 39.7 Å². The first-order chi connectivity index (χ1) is 25.5. The molecule has 1 aliphatic rings. The number of amides is 2. The third-order valence-corrected chi connectivity index (χ3v) is 9.79. The number of anilines is 1. The number of hydrogen-bond acceptors (Lipinski definition) is 3. The second kappa shape index (κ2) is 12.1. The summed E-state index contributed by atoms with van der Waals surface area (Å²) in [6.45, 7) is 7.36. The van der Waals surface area contributed by atoms with E-state index in [0.717, 1.165) is 55.2 Å². The number of carbonyl (C=O) groups excluding carboxylic acids is 2. The number of nitriles is 1. The molecule has 0 N–H and O–H groups in total. The predicted octanol–water partition coefficient (Wildman–Crippen LogP) is 11.0. The van der Waals surface area contributed by atoms with Crippen LogP contribution in [0.3, 0.4) is 0 Å². The lowest BCUT2D eigenvalue weighted by Gasteiger charge is -2.16. The maximum Gasteiger partial charge on any atom is 0.268 e. The predicted molar refractivity (Wildman–Crippen MR) is 206 cm³/mol. The molecule has 242 valence electrons. The van der Waals surface area contributed by atoms with Crippen molar-refractivity contribution in [1.29, 1.82) is 5.26 Å². The Morgan fingerprint density at radius 2 is 1.10 bits per heavy atom. The maximum atomic E-state index is 14.5. The number of aromatic nitrogens is 1. The summed E-state index contributed by atoms with van der Waals surface area (Å²) in [6.07, 6.45) is 0. The normalized spacial score (nSPS) is 12.2. The maximum absolute atomic E-state index is 14.5. The van der Waals surface area contributed by atoms with Crippen molar-refractivity contribution in [1.82, 2.24) is 4.57 Å². The highest BCUT2D eigenvalue weighted by molar-refractivity contribution is 6.36. The number of rotatable bonds is 5. The lowest BCUT2D eigenvalue weighted by molar-refractivity contribution is 0.0926. The molecule has 0 bridgehead atoms. The van der Waals surface area contributed by atoms with E-state index in [1.807, 2.05) is 121 Å². The van der Waals surface area contributed by atoms with Crippen LogP contribution in [0.15, 0.2) is 158 Å². The molecule has 52 heavy (non-hydrogen) atoms. The molecule has 0 saturated heterocycles. The molecule has 0 spiro atoms. The van der Waals surface area contributed by atoms with Gasteiger partial charge < -0.3 is 4.57 Å². The fourth-order valence-electron chi connectivity index (χ4n) is 7.25. The molecule has 1 aliphatic heterocycles. The molecule has 0 saturated carbocycles. The summed E-state index contributed by atoms with van der Waals surface area (Å²) in [5, 5.41) is 11.3. The number of carbonyl (C=O) groups is 2. The van der Waals surface area contributed by atoms with E-state index in [0.29, 0.717) is 33.8 Å². The Bertz CT molecular complexity index is 2720. The van der Waals surface area contributed by atoms with Gasteiger partial charge in [-0.15, -0.1) is 0 Å². The average Bonchev–Trinajstić information content (AvgIpc) is 3.67.